The first-order valence-corrected chi connectivity index (χ1v) is 11.6. The number of aliphatic hydroxyl groups excluding tert-OH is 1. The van der Waals surface area contributed by atoms with Crippen LogP contribution < -0.4 is 4.74 Å². The summed E-state index contributed by atoms with van der Waals surface area (Å²) in [6.45, 7) is 2.83. The van der Waals surface area contributed by atoms with Gasteiger partial charge in [-0.25, -0.2) is 0 Å². The van der Waals surface area contributed by atoms with Crippen LogP contribution in [0.4, 0.5) is 0 Å². The number of hydrogen-bond donors (Lipinski definition) is 1. The molecule has 2 heterocycles. The Labute approximate surface area is 200 Å². The van der Waals surface area contributed by atoms with Crippen molar-refractivity contribution >= 4 is 5.91 Å². The standard InChI is InChI=1S/C28H29N3O3/c1-3-28(13-4-5-15-31(2)27(28)33)23-9-6-10-24(17-23)34-25-16-20(11-12-21(25)18-29)26(32)22-8-7-14-30-19-22/h6-12,14,16-17,19,26,32H,3-5,13,15H2,1-2H3. The van der Waals surface area contributed by atoms with E-state index in [4.69, 9.17) is 4.74 Å². The highest BCUT2D eigenvalue weighted by atomic mass is 16.5. The second kappa shape index (κ2) is 10.1. The first-order valence-electron chi connectivity index (χ1n) is 11.6. The zero-order valence-electron chi connectivity index (χ0n) is 19.6. The lowest BCUT2D eigenvalue weighted by atomic mass is 9.73. The fraction of sp³-hybridized carbons (Fsp3) is 0.321. The number of likely N-dealkylation sites (tertiary alicyclic amines) is 1. The molecule has 34 heavy (non-hydrogen) atoms. The van der Waals surface area contributed by atoms with E-state index >= 15 is 0 Å². The number of nitrogens with zero attached hydrogens (tertiary/aromatic N) is 3. The number of rotatable bonds is 6. The molecule has 2 atom stereocenters. The van der Waals surface area contributed by atoms with E-state index in [0.29, 0.717) is 34.6 Å². The van der Waals surface area contributed by atoms with Gasteiger partial charge in [0.05, 0.1) is 11.0 Å². The topological polar surface area (TPSA) is 86.4 Å². The smallest absolute Gasteiger partial charge is 0.232 e. The number of pyridine rings is 1. The Balaban J connectivity index is 1.68. The van der Waals surface area contributed by atoms with Crippen molar-refractivity contribution in [1.82, 2.24) is 9.88 Å². The average Bonchev–Trinajstić information content (AvgIpc) is 3.03. The van der Waals surface area contributed by atoms with Gasteiger partial charge in [-0.3, -0.25) is 9.78 Å². The number of benzene rings is 2. The maximum Gasteiger partial charge on any atom is 0.232 e. The van der Waals surface area contributed by atoms with Crippen molar-refractivity contribution in [2.45, 2.75) is 44.1 Å². The second-order valence-corrected chi connectivity index (χ2v) is 8.81. The second-order valence-electron chi connectivity index (χ2n) is 8.81. The molecule has 1 aliphatic rings. The molecule has 1 N–H and O–H groups in total. The number of likely N-dealkylation sites (N-methyl/N-ethyl adjacent to an activating group) is 1. The molecule has 2 unspecified atom stereocenters. The van der Waals surface area contributed by atoms with Gasteiger partial charge in [0.2, 0.25) is 5.91 Å². The molecule has 0 aliphatic carbocycles. The van der Waals surface area contributed by atoms with E-state index < -0.39 is 11.5 Å². The maximum atomic E-state index is 13.3. The molecule has 174 valence electrons. The van der Waals surface area contributed by atoms with Crippen LogP contribution in [0.5, 0.6) is 11.5 Å². The summed E-state index contributed by atoms with van der Waals surface area (Å²) in [5.74, 6) is 1.05. The number of nitriles is 1. The molecule has 4 rings (SSSR count). The highest BCUT2D eigenvalue weighted by molar-refractivity contribution is 5.88. The fourth-order valence-electron chi connectivity index (χ4n) is 4.75. The molecular weight excluding hydrogens is 426 g/mol. The Kier molecular flexibility index (Phi) is 6.95. The molecule has 1 aromatic heterocycles. The van der Waals surface area contributed by atoms with Gasteiger partial charge < -0.3 is 14.7 Å². The van der Waals surface area contributed by atoms with Crippen molar-refractivity contribution in [3.8, 4) is 17.6 Å². The first-order chi connectivity index (χ1) is 16.5. The highest BCUT2D eigenvalue weighted by Gasteiger charge is 2.41. The molecule has 0 saturated carbocycles. The van der Waals surface area contributed by atoms with E-state index in [1.165, 1.54) is 0 Å². The lowest BCUT2D eigenvalue weighted by Gasteiger charge is -2.33. The zero-order chi connectivity index (χ0) is 24.1. The van der Waals surface area contributed by atoms with Gasteiger partial charge in [-0.15, -0.1) is 0 Å². The van der Waals surface area contributed by atoms with Crippen molar-refractivity contribution < 1.29 is 14.6 Å². The minimum atomic E-state index is -0.891. The minimum Gasteiger partial charge on any atom is -0.456 e. The molecule has 0 spiro atoms. The Bertz CT molecular complexity index is 1210. The molecule has 1 saturated heterocycles. The van der Waals surface area contributed by atoms with Gasteiger partial charge in [-0.2, -0.15) is 5.26 Å². The summed E-state index contributed by atoms with van der Waals surface area (Å²) >= 11 is 0. The molecule has 6 nitrogen and oxygen atoms in total. The predicted molar refractivity (Wildman–Crippen MR) is 129 cm³/mol. The summed E-state index contributed by atoms with van der Waals surface area (Å²) in [6.07, 6.45) is 5.86. The van der Waals surface area contributed by atoms with Gasteiger partial charge >= 0.3 is 0 Å². The monoisotopic (exact) mass is 455 g/mol. The van der Waals surface area contributed by atoms with Gasteiger partial charge in [0.25, 0.3) is 0 Å². The number of carbonyl (C=O) groups excluding carboxylic acids is 1. The third-order valence-electron chi connectivity index (χ3n) is 6.76. The molecule has 1 amide bonds. The summed E-state index contributed by atoms with van der Waals surface area (Å²) in [7, 11) is 1.87. The summed E-state index contributed by atoms with van der Waals surface area (Å²) in [5.41, 5.74) is 1.96. The molecule has 0 bridgehead atoms. The third-order valence-corrected chi connectivity index (χ3v) is 6.76. The Morgan fingerprint density at radius 2 is 2.03 bits per heavy atom. The van der Waals surface area contributed by atoms with Crippen LogP contribution in [0.2, 0.25) is 0 Å². The Morgan fingerprint density at radius 1 is 1.18 bits per heavy atom. The molecule has 2 aromatic carbocycles. The number of aliphatic hydroxyl groups is 1. The lowest BCUT2D eigenvalue weighted by Crippen LogP contribution is -2.43. The Hall–Kier alpha value is -3.69. The van der Waals surface area contributed by atoms with Crippen molar-refractivity contribution in [1.29, 1.82) is 5.26 Å². The SMILES string of the molecule is CCC1(c2cccc(Oc3cc(C(O)c4cccnc4)ccc3C#N)c2)CCCCN(C)C1=O. The minimum absolute atomic E-state index is 0.143. The maximum absolute atomic E-state index is 13.3. The van der Waals surface area contributed by atoms with E-state index in [2.05, 4.69) is 18.0 Å². The van der Waals surface area contributed by atoms with Gasteiger partial charge in [-0.05, 0) is 60.7 Å². The van der Waals surface area contributed by atoms with Gasteiger partial charge in [-0.1, -0.05) is 37.6 Å². The normalized spacial score (nSPS) is 19.2. The van der Waals surface area contributed by atoms with Crippen LogP contribution in [0, 0.1) is 11.3 Å². The largest absolute Gasteiger partial charge is 0.456 e. The number of carbonyl (C=O) groups is 1. The average molecular weight is 456 g/mol. The van der Waals surface area contributed by atoms with Crippen LogP contribution in [0.25, 0.3) is 0 Å². The van der Waals surface area contributed by atoms with Crippen molar-refractivity contribution in [3.05, 3.63) is 89.2 Å². The molecule has 0 radical (unpaired) electrons. The summed E-state index contributed by atoms with van der Waals surface area (Å²) < 4.78 is 6.17. The van der Waals surface area contributed by atoms with Crippen LogP contribution in [0.1, 0.15) is 61.0 Å². The van der Waals surface area contributed by atoms with Crippen molar-refractivity contribution in [3.63, 3.8) is 0 Å². The van der Waals surface area contributed by atoms with Crippen LogP contribution >= 0.6 is 0 Å². The third kappa shape index (κ3) is 4.52. The molecule has 6 heteroatoms. The Morgan fingerprint density at radius 3 is 2.76 bits per heavy atom. The van der Waals surface area contributed by atoms with Crippen LogP contribution in [-0.2, 0) is 10.2 Å². The highest BCUT2D eigenvalue weighted by Crippen LogP contribution is 2.39. The molecule has 3 aromatic rings. The number of ether oxygens (including phenoxy) is 1. The molecule has 1 aliphatic heterocycles. The fourth-order valence-corrected chi connectivity index (χ4v) is 4.75. The molecular formula is C28H29N3O3. The zero-order valence-corrected chi connectivity index (χ0v) is 19.6. The quantitative estimate of drug-likeness (QED) is 0.558. The number of amides is 1. The first kappa shape index (κ1) is 23.5. The van der Waals surface area contributed by atoms with Crippen LogP contribution in [0.3, 0.4) is 0 Å². The summed E-state index contributed by atoms with van der Waals surface area (Å²) in [4.78, 5) is 19.2. The van der Waals surface area contributed by atoms with Gasteiger partial charge in [0, 0.05) is 31.5 Å². The molecule has 1 fully saturated rings. The summed E-state index contributed by atoms with van der Waals surface area (Å²) in [6, 6.07) is 18.4. The summed E-state index contributed by atoms with van der Waals surface area (Å²) in [5, 5.41) is 20.4. The van der Waals surface area contributed by atoms with Crippen molar-refractivity contribution in [2.75, 3.05) is 13.6 Å². The van der Waals surface area contributed by atoms with E-state index in [9.17, 15) is 15.2 Å². The van der Waals surface area contributed by atoms with Crippen LogP contribution in [-0.4, -0.2) is 34.5 Å². The van der Waals surface area contributed by atoms with E-state index in [1.54, 1.807) is 42.7 Å². The number of hydrogen-bond acceptors (Lipinski definition) is 5. The van der Waals surface area contributed by atoms with Gasteiger partial charge in [0.1, 0.15) is 23.7 Å². The van der Waals surface area contributed by atoms with E-state index in [1.807, 2.05) is 36.2 Å². The predicted octanol–water partition coefficient (Wildman–Crippen LogP) is 5.12. The lowest BCUT2D eigenvalue weighted by molar-refractivity contribution is -0.135. The van der Waals surface area contributed by atoms with E-state index in [0.717, 1.165) is 31.4 Å². The van der Waals surface area contributed by atoms with Gasteiger partial charge in [0.15, 0.2) is 0 Å². The van der Waals surface area contributed by atoms with Crippen LogP contribution in [0.15, 0.2) is 67.0 Å². The number of aromatic nitrogens is 1. The van der Waals surface area contributed by atoms with Crippen molar-refractivity contribution in [2.24, 2.45) is 0 Å². The van der Waals surface area contributed by atoms with E-state index in [-0.39, 0.29) is 5.91 Å².